The smallest absolute Gasteiger partial charge is 0.101 e. The molecule has 0 unspecified atom stereocenters. The van der Waals surface area contributed by atoms with Crippen LogP contribution in [0.2, 0.25) is 0 Å². The van der Waals surface area contributed by atoms with Gasteiger partial charge in [0.2, 0.25) is 0 Å². The molecule has 2 nitrogen and oxygen atoms in total. The van der Waals surface area contributed by atoms with Crippen molar-refractivity contribution in [3.05, 3.63) is 35.9 Å². The number of hydrogen-bond donors (Lipinski definition) is 2. The third-order valence-corrected chi connectivity index (χ3v) is 2.31. The Labute approximate surface area is 86.9 Å². The van der Waals surface area contributed by atoms with Gasteiger partial charge in [-0.25, -0.2) is 0 Å². The monoisotopic (exact) mass is 194 g/mol. The molecule has 1 aromatic rings. The van der Waals surface area contributed by atoms with Crippen molar-refractivity contribution in [1.29, 1.82) is 0 Å². The lowest BCUT2D eigenvalue weighted by atomic mass is 10.2. The van der Waals surface area contributed by atoms with Crippen LogP contribution in [0.25, 0.3) is 0 Å². The zero-order chi connectivity index (χ0) is 10.2. The number of quaternary nitrogens is 2. The molecule has 0 bridgehead atoms. The van der Waals surface area contributed by atoms with Crippen molar-refractivity contribution in [2.75, 3.05) is 27.2 Å². The highest BCUT2D eigenvalue weighted by molar-refractivity contribution is 5.12. The molecule has 0 radical (unpaired) electrons. The van der Waals surface area contributed by atoms with Gasteiger partial charge in [0.05, 0.1) is 27.2 Å². The van der Waals surface area contributed by atoms with E-state index in [2.05, 4.69) is 49.7 Å². The molecule has 0 heterocycles. The van der Waals surface area contributed by atoms with Gasteiger partial charge in [0.1, 0.15) is 6.54 Å². The van der Waals surface area contributed by atoms with Crippen LogP contribution < -0.4 is 10.2 Å². The molecule has 0 spiro atoms. The summed E-state index contributed by atoms with van der Waals surface area (Å²) in [6.07, 6.45) is 1.30. The van der Waals surface area contributed by atoms with Crippen LogP contribution in [0, 0.1) is 0 Å². The number of rotatable bonds is 6. The first-order chi connectivity index (χ1) is 6.79. The average Bonchev–Trinajstić information content (AvgIpc) is 2.18. The van der Waals surface area contributed by atoms with Crippen molar-refractivity contribution >= 4 is 0 Å². The zero-order valence-electron chi connectivity index (χ0n) is 9.29. The van der Waals surface area contributed by atoms with Crippen LogP contribution in [0.15, 0.2) is 30.3 Å². The van der Waals surface area contributed by atoms with Gasteiger partial charge in [-0.15, -0.1) is 0 Å². The molecule has 1 aromatic carbocycles. The highest BCUT2D eigenvalue weighted by Crippen LogP contribution is 1.94. The summed E-state index contributed by atoms with van der Waals surface area (Å²) in [4.78, 5) is 1.54. The van der Waals surface area contributed by atoms with Gasteiger partial charge in [-0.1, -0.05) is 30.3 Å². The molecule has 78 valence electrons. The first-order valence-corrected chi connectivity index (χ1v) is 5.43. The summed E-state index contributed by atoms with van der Waals surface area (Å²) in [5, 5.41) is 2.39. The van der Waals surface area contributed by atoms with Gasteiger partial charge in [0.25, 0.3) is 0 Å². The van der Waals surface area contributed by atoms with E-state index in [0.717, 1.165) is 6.54 Å². The molecular formula is C12H22N2+2. The molecule has 0 saturated heterocycles. The number of hydrogen-bond acceptors (Lipinski definition) is 0. The van der Waals surface area contributed by atoms with Crippen molar-refractivity contribution in [1.82, 2.24) is 0 Å². The molecule has 0 fully saturated rings. The molecule has 0 aliphatic heterocycles. The Balaban J connectivity index is 2.05. The summed E-state index contributed by atoms with van der Waals surface area (Å²) < 4.78 is 0. The zero-order valence-corrected chi connectivity index (χ0v) is 9.29. The Kier molecular flexibility index (Phi) is 5.27. The Hall–Kier alpha value is -0.860. The minimum Gasteiger partial charge on any atom is -0.342 e. The molecule has 2 heteroatoms. The van der Waals surface area contributed by atoms with E-state index in [4.69, 9.17) is 0 Å². The van der Waals surface area contributed by atoms with Crippen molar-refractivity contribution in [3.63, 3.8) is 0 Å². The second-order valence-corrected chi connectivity index (χ2v) is 4.08. The van der Waals surface area contributed by atoms with Crippen LogP contribution in [0.1, 0.15) is 12.0 Å². The molecule has 0 aliphatic rings. The molecule has 1 rings (SSSR count). The van der Waals surface area contributed by atoms with E-state index in [0.29, 0.717) is 0 Å². The van der Waals surface area contributed by atoms with Crippen LogP contribution in [-0.2, 0) is 6.54 Å². The minimum absolute atomic E-state index is 1.11. The van der Waals surface area contributed by atoms with Crippen LogP contribution in [0.4, 0.5) is 0 Å². The number of benzene rings is 1. The molecule has 3 N–H and O–H groups in total. The quantitative estimate of drug-likeness (QED) is 0.558. The van der Waals surface area contributed by atoms with Crippen LogP contribution in [-0.4, -0.2) is 27.2 Å². The first-order valence-electron chi connectivity index (χ1n) is 5.43. The highest BCUT2D eigenvalue weighted by Gasteiger charge is 1.96. The van der Waals surface area contributed by atoms with E-state index < -0.39 is 0 Å². The van der Waals surface area contributed by atoms with Crippen LogP contribution in [0.3, 0.4) is 0 Å². The molecule has 14 heavy (non-hydrogen) atoms. The summed E-state index contributed by atoms with van der Waals surface area (Å²) in [5.74, 6) is 0. The average molecular weight is 194 g/mol. The lowest BCUT2D eigenvalue weighted by molar-refractivity contribution is -0.860. The maximum atomic E-state index is 2.39. The third-order valence-electron chi connectivity index (χ3n) is 2.31. The largest absolute Gasteiger partial charge is 0.342 e. The molecule has 0 aliphatic carbocycles. The fraction of sp³-hybridized carbons (Fsp3) is 0.500. The number of nitrogens with two attached hydrogens (primary N) is 1. The third kappa shape index (κ3) is 5.00. The lowest BCUT2D eigenvalue weighted by Gasteiger charge is -2.06. The Morgan fingerprint density at radius 1 is 1.14 bits per heavy atom. The summed E-state index contributed by atoms with van der Waals surface area (Å²) in [6.45, 7) is 3.62. The van der Waals surface area contributed by atoms with E-state index in [1.165, 1.54) is 30.0 Å². The van der Waals surface area contributed by atoms with Crippen LogP contribution in [0.5, 0.6) is 0 Å². The molecule has 0 amide bonds. The molecular weight excluding hydrogens is 172 g/mol. The fourth-order valence-corrected chi connectivity index (χ4v) is 1.48. The van der Waals surface area contributed by atoms with Gasteiger partial charge >= 0.3 is 0 Å². The van der Waals surface area contributed by atoms with Gasteiger partial charge in [0.15, 0.2) is 0 Å². The predicted molar refractivity (Wildman–Crippen MR) is 59.2 cm³/mol. The summed E-state index contributed by atoms with van der Waals surface area (Å²) in [6, 6.07) is 10.7. The Bertz CT molecular complexity index is 231. The Morgan fingerprint density at radius 3 is 2.50 bits per heavy atom. The van der Waals surface area contributed by atoms with Crippen molar-refractivity contribution in [2.45, 2.75) is 13.0 Å². The van der Waals surface area contributed by atoms with E-state index >= 15 is 0 Å². The van der Waals surface area contributed by atoms with Crippen molar-refractivity contribution in [2.24, 2.45) is 0 Å². The van der Waals surface area contributed by atoms with E-state index in [9.17, 15) is 0 Å². The van der Waals surface area contributed by atoms with Gasteiger partial charge in [-0.05, 0) is 0 Å². The predicted octanol–water partition coefficient (Wildman–Crippen LogP) is -0.715. The standard InChI is InChI=1S/C12H20N2/c1-14(2)10-6-9-13-11-12-7-4-3-5-8-12/h3-5,7-8,13H,6,9-11H2,1-2H3/p+2. The Morgan fingerprint density at radius 2 is 1.86 bits per heavy atom. The van der Waals surface area contributed by atoms with E-state index in [1.807, 2.05) is 0 Å². The summed E-state index contributed by atoms with van der Waals surface area (Å²) in [7, 11) is 4.41. The molecule has 0 aromatic heterocycles. The normalized spacial score (nSPS) is 10.8. The van der Waals surface area contributed by atoms with Gasteiger partial charge < -0.3 is 10.2 Å². The van der Waals surface area contributed by atoms with Gasteiger partial charge in [0, 0.05) is 12.0 Å². The second kappa shape index (κ2) is 6.57. The summed E-state index contributed by atoms with van der Waals surface area (Å²) in [5.41, 5.74) is 1.42. The maximum Gasteiger partial charge on any atom is 0.101 e. The highest BCUT2D eigenvalue weighted by atomic mass is 15.0. The summed E-state index contributed by atoms with van der Waals surface area (Å²) >= 11 is 0. The van der Waals surface area contributed by atoms with Crippen molar-refractivity contribution < 1.29 is 10.2 Å². The van der Waals surface area contributed by atoms with Crippen molar-refractivity contribution in [3.8, 4) is 0 Å². The van der Waals surface area contributed by atoms with Gasteiger partial charge in [-0.3, -0.25) is 0 Å². The fourth-order valence-electron chi connectivity index (χ4n) is 1.48. The maximum absolute atomic E-state index is 2.39. The van der Waals surface area contributed by atoms with Crippen LogP contribution >= 0.6 is 0 Å². The van der Waals surface area contributed by atoms with E-state index in [-0.39, 0.29) is 0 Å². The van der Waals surface area contributed by atoms with E-state index in [1.54, 1.807) is 0 Å². The number of nitrogens with one attached hydrogen (secondary N) is 1. The SMILES string of the molecule is C[NH+](C)CCC[NH2+]Cc1ccccc1. The lowest BCUT2D eigenvalue weighted by Crippen LogP contribution is -3.06. The molecule has 0 saturated carbocycles. The van der Waals surface area contributed by atoms with Gasteiger partial charge in [-0.2, -0.15) is 0 Å². The first kappa shape index (κ1) is 11.2. The molecule has 0 atom stereocenters. The topological polar surface area (TPSA) is 21.1 Å². The second-order valence-electron chi connectivity index (χ2n) is 4.08. The minimum atomic E-state index is 1.11.